The Kier molecular flexibility index (Phi) is 5.28. The lowest BCUT2D eigenvalue weighted by atomic mass is 10.0. The van der Waals surface area contributed by atoms with Crippen molar-refractivity contribution in [3.63, 3.8) is 0 Å². The monoisotopic (exact) mass is 282 g/mol. The molecule has 0 aliphatic heterocycles. The summed E-state index contributed by atoms with van der Waals surface area (Å²) in [4.78, 5) is 0. The smallest absolute Gasteiger partial charge is 0.389 e. The Morgan fingerprint density at radius 2 is 2.06 bits per heavy atom. The maximum absolute atomic E-state index is 12.0. The van der Waals surface area contributed by atoms with Crippen LogP contribution >= 0.6 is 11.6 Å². The molecule has 102 valence electrons. The molecule has 0 aliphatic carbocycles. The molecule has 0 spiro atoms. The van der Waals surface area contributed by atoms with Crippen LogP contribution in [0.15, 0.2) is 18.2 Å². The molecular formula is C12H14ClF3O2. The number of ether oxygens (including phenoxy) is 1. The van der Waals surface area contributed by atoms with Gasteiger partial charge in [0.2, 0.25) is 0 Å². The van der Waals surface area contributed by atoms with Crippen LogP contribution in [0.4, 0.5) is 13.2 Å². The number of alkyl halides is 3. The first-order chi connectivity index (χ1) is 8.31. The molecule has 2 nitrogen and oxygen atoms in total. The molecular weight excluding hydrogens is 269 g/mol. The minimum absolute atomic E-state index is 0.0831. The molecule has 0 radical (unpaired) electrons. The molecule has 0 aromatic heterocycles. The van der Waals surface area contributed by atoms with Crippen molar-refractivity contribution >= 4 is 11.6 Å². The summed E-state index contributed by atoms with van der Waals surface area (Å²) >= 11 is 5.79. The molecule has 0 amide bonds. The van der Waals surface area contributed by atoms with Crippen molar-refractivity contribution < 1.29 is 23.0 Å². The van der Waals surface area contributed by atoms with Gasteiger partial charge < -0.3 is 9.84 Å². The number of rotatable bonds is 5. The molecule has 6 heteroatoms. The van der Waals surface area contributed by atoms with E-state index < -0.39 is 18.7 Å². The van der Waals surface area contributed by atoms with E-state index >= 15 is 0 Å². The van der Waals surface area contributed by atoms with Crippen LogP contribution < -0.4 is 4.74 Å². The summed E-state index contributed by atoms with van der Waals surface area (Å²) in [5.41, 5.74) is 0.597. The molecule has 1 unspecified atom stereocenters. The second-order valence-corrected chi connectivity index (χ2v) is 4.40. The predicted molar refractivity (Wildman–Crippen MR) is 63.0 cm³/mol. The van der Waals surface area contributed by atoms with Crippen LogP contribution in [0.25, 0.3) is 0 Å². The summed E-state index contributed by atoms with van der Waals surface area (Å²) in [7, 11) is 1.45. The summed E-state index contributed by atoms with van der Waals surface area (Å²) in [6.45, 7) is 0. The lowest BCUT2D eigenvalue weighted by molar-refractivity contribution is -0.139. The Balaban J connectivity index is 2.63. The maximum Gasteiger partial charge on any atom is 0.389 e. The first-order valence-electron chi connectivity index (χ1n) is 5.39. The van der Waals surface area contributed by atoms with Crippen LogP contribution in [0.5, 0.6) is 5.75 Å². The minimum atomic E-state index is -4.25. The number of hydrogen-bond donors (Lipinski definition) is 1. The van der Waals surface area contributed by atoms with E-state index in [0.29, 0.717) is 16.3 Å². The van der Waals surface area contributed by atoms with Crippen molar-refractivity contribution in [3.05, 3.63) is 28.8 Å². The standard InChI is InChI=1S/C12H14ClF3O2/c1-18-11-3-2-9(13)6-8(11)7-10(17)4-5-12(14,15)16/h2-3,6,10,17H,4-5,7H2,1H3. The van der Waals surface area contributed by atoms with E-state index in [4.69, 9.17) is 16.3 Å². The molecule has 1 aromatic carbocycles. The van der Waals surface area contributed by atoms with Gasteiger partial charge in [0.25, 0.3) is 0 Å². The third-order valence-electron chi connectivity index (χ3n) is 2.46. The zero-order chi connectivity index (χ0) is 13.8. The first-order valence-corrected chi connectivity index (χ1v) is 5.77. The van der Waals surface area contributed by atoms with Crippen molar-refractivity contribution in [2.45, 2.75) is 31.5 Å². The topological polar surface area (TPSA) is 29.5 Å². The van der Waals surface area contributed by atoms with E-state index in [1.54, 1.807) is 18.2 Å². The average Bonchev–Trinajstić information content (AvgIpc) is 2.26. The normalized spacial score (nSPS) is 13.4. The number of aliphatic hydroxyl groups excluding tert-OH is 1. The molecule has 0 saturated carbocycles. The van der Waals surface area contributed by atoms with Crippen LogP contribution in [-0.4, -0.2) is 24.5 Å². The quantitative estimate of drug-likeness (QED) is 0.894. The lowest BCUT2D eigenvalue weighted by Gasteiger charge is -2.14. The maximum atomic E-state index is 12.0. The van der Waals surface area contributed by atoms with Crippen LogP contribution in [-0.2, 0) is 6.42 Å². The van der Waals surface area contributed by atoms with Gasteiger partial charge >= 0.3 is 6.18 Å². The highest BCUT2D eigenvalue weighted by Gasteiger charge is 2.28. The van der Waals surface area contributed by atoms with E-state index in [-0.39, 0.29) is 12.8 Å². The largest absolute Gasteiger partial charge is 0.496 e. The molecule has 0 fully saturated rings. The van der Waals surface area contributed by atoms with Gasteiger partial charge in [-0.15, -0.1) is 0 Å². The predicted octanol–water partition coefficient (Wildman–Crippen LogP) is 3.59. The molecule has 0 heterocycles. The molecule has 1 aromatic rings. The summed E-state index contributed by atoms with van der Waals surface area (Å²) in [5, 5.41) is 10.0. The van der Waals surface area contributed by atoms with Gasteiger partial charge in [-0.3, -0.25) is 0 Å². The number of hydrogen-bond acceptors (Lipinski definition) is 2. The summed E-state index contributed by atoms with van der Waals surface area (Å²) < 4.78 is 41.1. The van der Waals surface area contributed by atoms with Crippen LogP contribution in [0, 0.1) is 0 Å². The van der Waals surface area contributed by atoms with Gasteiger partial charge in [-0.1, -0.05) is 11.6 Å². The van der Waals surface area contributed by atoms with E-state index in [2.05, 4.69) is 0 Å². The van der Waals surface area contributed by atoms with Crippen LogP contribution in [0.3, 0.4) is 0 Å². The second kappa shape index (κ2) is 6.29. The Morgan fingerprint density at radius 3 is 2.61 bits per heavy atom. The molecule has 1 rings (SSSR count). The molecule has 0 aliphatic rings. The SMILES string of the molecule is COc1ccc(Cl)cc1CC(O)CCC(F)(F)F. The van der Waals surface area contributed by atoms with Gasteiger partial charge in [-0.05, 0) is 30.2 Å². The van der Waals surface area contributed by atoms with Crippen LogP contribution in [0.2, 0.25) is 5.02 Å². The number of halogens is 4. The lowest BCUT2D eigenvalue weighted by Crippen LogP contribution is -2.16. The zero-order valence-electron chi connectivity index (χ0n) is 9.80. The van der Waals surface area contributed by atoms with Gasteiger partial charge in [0, 0.05) is 17.9 Å². The molecule has 0 saturated heterocycles. The van der Waals surface area contributed by atoms with E-state index in [0.717, 1.165) is 0 Å². The zero-order valence-corrected chi connectivity index (χ0v) is 10.6. The Hall–Kier alpha value is -0.940. The van der Waals surface area contributed by atoms with E-state index in [1.165, 1.54) is 7.11 Å². The van der Waals surface area contributed by atoms with Gasteiger partial charge in [-0.25, -0.2) is 0 Å². The van der Waals surface area contributed by atoms with Crippen LogP contribution in [0.1, 0.15) is 18.4 Å². The molecule has 18 heavy (non-hydrogen) atoms. The first kappa shape index (κ1) is 15.1. The number of methoxy groups -OCH3 is 1. The van der Waals surface area contributed by atoms with Crippen molar-refractivity contribution in [2.24, 2.45) is 0 Å². The molecule has 0 bridgehead atoms. The van der Waals surface area contributed by atoms with E-state index in [9.17, 15) is 18.3 Å². The third kappa shape index (κ3) is 5.14. The number of aliphatic hydroxyl groups is 1. The van der Waals surface area contributed by atoms with Gasteiger partial charge in [0.05, 0.1) is 13.2 Å². The second-order valence-electron chi connectivity index (χ2n) is 3.97. The highest BCUT2D eigenvalue weighted by molar-refractivity contribution is 6.30. The Bertz CT molecular complexity index is 393. The van der Waals surface area contributed by atoms with Crippen molar-refractivity contribution in [3.8, 4) is 5.75 Å². The highest BCUT2D eigenvalue weighted by Crippen LogP contribution is 2.27. The van der Waals surface area contributed by atoms with Gasteiger partial charge in [0.1, 0.15) is 5.75 Å². The van der Waals surface area contributed by atoms with E-state index in [1.807, 2.05) is 0 Å². The van der Waals surface area contributed by atoms with Gasteiger partial charge in [0.15, 0.2) is 0 Å². The van der Waals surface area contributed by atoms with Crippen molar-refractivity contribution in [1.29, 1.82) is 0 Å². The molecule has 1 N–H and O–H groups in total. The fourth-order valence-electron chi connectivity index (χ4n) is 1.59. The van der Waals surface area contributed by atoms with Gasteiger partial charge in [-0.2, -0.15) is 13.2 Å². The fourth-order valence-corrected chi connectivity index (χ4v) is 1.79. The fraction of sp³-hybridized carbons (Fsp3) is 0.500. The average molecular weight is 283 g/mol. The summed E-state index contributed by atoms with van der Waals surface area (Å²) in [5.74, 6) is 0.505. The minimum Gasteiger partial charge on any atom is -0.496 e. The van der Waals surface area contributed by atoms with Crippen molar-refractivity contribution in [2.75, 3.05) is 7.11 Å². The number of benzene rings is 1. The molecule has 1 atom stereocenters. The third-order valence-corrected chi connectivity index (χ3v) is 2.69. The Labute approximate surface area is 108 Å². The van der Waals surface area contributed by atoms with Crippen molar-refractivity contribution in [1.82, 2.24) is 0 Å². The summed E-state index contributed by atoms with van der Waals surface area (Å²) in [6, 6.07) is 4.82. The Morgan fingerprint density at radius 1 is 1.39 bits per heavy atom. The highest BCUT2D eigenvalue weighted by atomic mass is 35.5. The summed E-state index contributed by atoms with van der Waals surface area (Å²) in [6.07, 6.45) is -6.57.